The second-order valence-electron chi connectivity index (χ2n) is 13.3. The van der Waals surface area contributed by atoms with Crippen molar-refractivity contribution in [3.8, 4) is 0 Å². The zero-order valence-corrected chi connectivity index (χ0v) is 29.1. The van der Waals surface area contributed by atoms with E-state index in [9.17, 15) is 5.53 Å². The van der Waals surface area contributed by atoms with Gasteiger partial charge in [0.25, 0.3) is 0 Å². The normalized spacial score (nSPS) is 13.5. The Morgan fingerprint density at radius 2 is 0.795 bits per heavy atom. The average Bonchev–Trinajstić information content (AvgIpc) is 3.32. The highest BCUT2D eigenvalue weighted by atomic mass is 15.2. The first-order valence-electron chi connectivity index (χ1n) is 18.8. The van der Waals surface area contributed by atoms with Crippen LogP contribution in [0.2, 0.25) is 0 Å². The Bertz CT molecular complexity index is 1180. The molecule has 0 unspecified atom stereocenters. The van der Waals surface area contributed by atoms with Crippen LogP contribution in [-0.2, 0) is 12.8 Å². The minimum Gasteiger partial charge on any atom is -0.493 e. The van der Waals surface area contributed by atoms with Crippen molar-refractivity contribution in [2.24, 2.45) is 0 Å². The van der Waals surface area contributed by atoms with Gasteiger partial charge in [-0.25, -0.2) is 4.70 Å². The lowest BCUT2D eigenvalue weighted by Gasteiger charge is -2.12. The fraction of sp³-hybridized carbons (Fsp3) is 0.619. The maximum atomic E-state index is 12.1. The van der Waals surface area contributed by atoms with Crippen molar-refractivity contribution in [3.63, 3.8) is 0 Å². The van der Waals surface area contributed by atoms with Crippen LogP contribution in [0.1, 0.15) is 178 Å². The molecule has 1 heterocycles. The summed E-state index contributed by atoms with van der Waals surface area (Å²) in [5, 5.41) is 0. The van der Waals surface area contributed by atoms with E-state index < -0.39 is 0 Å². The van der Waals surface area contributed by atoms with Gasteiger partial charge in [-0.15, -0.1) is 0 Å². The highest BCUT2D eigenvalue weighted by molar-refractivity contribution is 5.82. The third-order valence-electron chi connectivity index (χ3n) is 9.46. The Balaban J connectivity index is 1.89. The van der Waals surface area contributed by atoms with Crippen molar-refractivity contribution in [2.75, 3.05) is 0 Å². The van der Waals surface area contributed by atoms with Crippen molar-refractivity contribution < 1.29 is 4.70 Å². The molecule has 0 spiro atoms. The number of unbranched alkanes of at least 4 members (excludes halogenated alkanes) is 14. The predicted octanol–water partition coefficient (Wildman–Crippen LogP) is 13.8. The van der Waals surface area contributed by atoms with Gasteiger partial charge in [-0.1, -0.05) is 142 Å². The largest absolute Gasteiger partial charge is 0.493 e. The average molecular weight is 597 g/mol. The van der Waals surface area contributed by atoms with Gasteiger partial charge in [0.15, 0.2) is 0 Å². The number of nitrogens with zero attached hydrogens (tertiary/aromatic N) is 2. The molecule has 1 aliphatic rings. The van der Waals surface area contributed by atoms with Crippen LogP contribution in [0.15, 0.2) is 59.7 Å². The van der Waals surface area contributed by atoms with Crippen LogP contribution in [0.25, 0.3) is 16.9 Å². The molecule has 0 radical (unpaired) electrons. The Labute approximate surface area is 271 Å². The smallest absolute Gasteiger partial charge is 0.211 e. The summed E-state index contributed by atoms with van der Waals surface area (Å²) < 4.78 is 1.59. The summed E-state index contributed by atoms with van der Waals surface area (Å²) in [6, 6.07) is 18.2. The molecule has 2 heteroatoms. The van der Waals surface area contributed by atoms with Crippen molar-refractivity contribution in [1.29, 1.82) is 0 Å². The molecule has 2 nitrogen and oxygen atoms in total. The first-order valence-corrected chi connectivity index (χ1v) is 18.8. The van der Waals surface area contributed by atoms with Crippen LogP contribution in [0.4, 0.5) is 0 Å². The standard InChI is InChI=1S/C42H64N2/c1-5-9-13-16-18-20-25-35-27-23-29-37(33-35)41-39(31-12-8-4)40(32-22-15-11-7-3)42(44(41)43)38-30-24-28-36(34-38)26-21-19-17-14-10-6-2/h23-24,27-30,33-34H,5-22,25-26,31-32H2,1-4H3. The Hall–Kier alpha value is -2.48. The topological polar surface area (TPSA) is 25.3 Å². The van der Waals surface area contributed by atoms with E-state index in [0.717, 1.165) is 49.9 Å². The summed E-state index contributed by atoms with van der Waals surface area (Å²) in [6.07, 6.45) is 27.4. The van der Waals surface area contributed by atoms with Gasteiger partial charge < -0.3 is 5.53 Å². The summed E-state index contributed by atoms with van der Waals surface area (Å²) in [6.45, 7) is 9.14. The third kappa shape index (κ3) is 11.5. The lowest BCUT2D eigenvalue weighted by atomic mass is 9.91. The van der Waals surface area contributed by atoms with E-state index in [1.165, 1.54) is 136 Å². The van der Waals surface area contributed by atoms with Crippen LogP contribution in [0.5, 0.6) is 0 Å². The molecular weight excluding hydrogens is 532 g/mol. The van der Waals surface area contributed by atoms with E-state index in [2.05, 4.69) is 76.2 Å². The van der Waals surface area contributed by atoms with Gasteiger partial charge in [-0.3, -0.25) is 0 Å². The van der Waals surface area contributed by atoms with Gasteiger partial charge in [-0.2, -0.15) is 0 Å². The van der Waals surface area contributed by atoms with Gasteiger partial charge in [-0.05, 0) is 86.8 Å². The van der Waals surface area contributed by atoms with Crippen LogP contribution in [0, 0.1) is 0 Å². The molecular formula is C42H64N2. The minimum absolute atomic E-state index is 1.02. The quantitative estimate of drug-likeness (QED) is 0.0851. The van der Waals surface area contributed by atoms with E-state index in [4.69, 9.17) is 0 Å². The molecule has 0 amide bonds. The molecule has 2 aromatic carbocycles. The van der Waals surface area contributed by atoms with Gasteiger partial charge in [0.1, 0.15) is 0 Å². The van der Waals surface area contributed by atoms with Gasteiger partial charge >= 0.3 is 0 Å². The molecule has 44 heavy (non-hydrogen) atoms. The maximum absolute atomic E-state index is 12.1. The zero-order valence-electron chi connectivity index (χ0n) is 29.1. The second-order valence-corrected chi connectivity index (χ2v) is 13.3. The summed E-state index contributed by atoms with van der Waals surface area (Å²) in [5.41, 5.74) is 22.1. The Kier molecular flexibility index (Phi) is 17.4. The molecule has 1 aliphatic heterocycles. The molecule has 2 aromatic rings. The first-order chi connectivity index (χ1) is 21.6. The van der Waals surface area contributed by atoms with Crippen LogP contribution < -0.4 is 0 Å². The third-order valence-corrected chi connectivity index (χ3v) is 9.46. The van der Waals surface area contributed by atoms with Crippen LogP contribution in [0.3, 0.4) is 0 Å². The first kappa shape index (κ1) is 36.0. The monoisotopic (exact) mass is 597 g/mol. The molecule has 0 fully saturated rings. The summed E-state index contributed by atoms with van der Waals surface area (Å²) >= 11 is 0. The number of hydrogen-bond acceptors (Lipinski definition) is 0. The van der Waals surface area contributed by atoms with E-state index in [0.29, 0.717) is 0 Å². The highest BCUT2D eigenvalue weighted by Gasteiger charge is 2.35. The van der Waals surface area contributed by atoms with Crippen molar-refractivity contribution >= 4 is 11.4 Å². The molecule has 0 aromatic heterocycles. The van der Waals surface area contributed by atoms with Crippen molar-refractivity contribution in [3.05, 3.63) is 87.5 Å². The van der Waals surface area contributed by atoms with Gasteiger partial charge in [0.2, 0.25) is 11.4 Å². The second kappa shape index (κ2) is 21.3. The highest BCUT2D eigenvalue weighted by Crippen LogP contribution is 2.44. The van der Waals surface area contributed by atoms with Crippen molar-refractivity contribution in [2.45, 2.75) is 169 Å². The van der Waals surface area contributed by atoms with E-state index >= 15 is 0 Å². The van der Waals surface area contributed by atoms with Crippen molar-refractivity contribution in [1.82, 2.24) is 0 Å². The molecule has 0 N–H and O–H groups in total. The summed E-state index contributed by atoms with van der Waals surface area (Å²) in [7, 11) is 0. The molecule has 3 rings (SSSR count). The fourth-order valence-electron chi connectivity index (χ4n) is 6.83. The molecule has 0 saturated heterocycles. The molecule has 0 bridgehead atoms. The number of benzene rings is 2. The summed E-state index contributed by atoms with van der Waals surface area (Å²) in [5.74, 6) is 0. The van der Waals surface area contributed by atoms with E-state index in [-0.39, 0.29) is 0 Å². The molecule has 0 aliphatic carbocycles. The SMILES string of the molecule is CCCCCCCCc1cccc(C2=C(CCCC)C(CCCCCC)=C(c3cccc(CCCCCCCC)c3)[N+]2=[N-])c1. The zero-order chi connectivity index (χ0) is 31.4. The summed E-state index contributed by atoms with van der Waals surface area (Å²) in [4.78, 5) is 0. The number of aryl methyl sites for hydroxylation is 2. The number of allylic oxidation sites excluding steroid dienone is 2. The minimum atomic E-state index is 1.02. The van der Waals surface area contributed by atoms with E-state index in [1.54, 1.807) is 4.70 Å². The molecule has 242 valence electrons. The van der Waals surface area contributed by atoms with Gasteiger partial charge in [0, 0.05) is 22.3 Å². The Morgan fingerprint density at radius 3 is 1.25 bits per heavy atom. The fourth-order valence-corrected chi connectivity index (χ4v) is 6.83. The van der Waals surface area contributed by atoms with Crippen LogP contribution in [-0.4, -0.2) is 4.70 Å². The number of rotatable bonds is 24. The van der Waals surface area contributed by atoms with Gasteiger partial charge in [0.05, 0.1) is 0 Å². The molecule has 0 saturated carbocycles. The number of hydrogen-bond donors (Lipinski definition) is 0. The Morgan fingerprint density at radius 1 is 0.432 bits per heavy atom. The maximum Gasteiger partial charge on any atom is 0.211 e. The predicted molar refractivity (Wildman–Crippen MR) is 193 cm³/mol. The van der Waals surface area contributed by atoms with E-state index in [1.807, 2.05) is 0 Å². The van der Waals surface area contributed by atoms with Crippen LogP contribution >= 0.6 is 0 Å². The lowest BCUT2D eigenvalue weighted by molar-refractivity contribution is -0.345. The lowest BCUT2D eigenvalue weighted by Crippen LogP contribution is -2.03. The molecule has 0 atom stereocenters.